The second-order valence-corrected chi connectivity index (χ2v) is 7.02. The molecule has 1 amide bonds. The van der Waals surface area contributed by atoms with E-state index in [0.29, 0.717) is 11.8 Å². The Hall–Kier alpha value is -0.280. The minimum absolute atomic E-state index is 0.183. The van der Waals surface area contributed by atoms with E-state index in [-0.39, 0.29) is 11.3 Å². The van der Waals surface area contributed by atoms with Crippen LogP contribution in [0.4, 0.5) is 0 Å². The SMILES string of the molecule is CC1(C)CCCCC1C(=O)N1CCN(CCCl)CC1. The summed E-state index contributed by atoms with van der Waals surface area (Å²) in [6.45, 7) is 9.18. The molecule has 0 bridgehead atoms. The molecule has 1 unspecified atom stereocenters. The van der Waals surface area contributed by atoms with Gasteiger partial charge in [-0.1, -0.05) is 26.7 Å². The van der Waals surface area contributed by atoms with Gasteiger partial charge in [0.2, 0.25) is 5.91 Å². The van der Waals surface area contributed by atoms with Gasteiger partial charge in [-0.2, -0.15) is 0 Å². The second-order valence-electron chi connectivity index (χ2n) is 6.64. The molecular weight excluding hydrogens is 260 g/mol. The molecule has 1 saturated heterocycles. The third-order valence-corrected chi connectivity index (χ3v) is 5.06. The Balaban J connectivity index is 1.90. The summed E-state index contributed by atoms with van der Waals surface area (Å²) < 4.78 is 0. The number of alkyl halides is 1. The van der Waals surface area contributed by atoms with Gasteiger partial charge in [-0.3, -0.25) is 9.69 Å². The van der Waals surface area contributed by atoms with E-state index < -0.39 is 0 Å². The molecule has 0 N–H and O–H groups in total. The highest BCUT2D eigenvalue weighted by molar-refractivity contribution is 6.18. The first-order chi connectivity index (χ1) is 9.04. The van der Waals surface area contributed by atoms with Crippen molar-refractivity contribution in [1.82, 2.24) is 9.80 Å². The van der Waals surface area contributed by atoms with Crippen LogP contribution in [-0.2, 0) is 4.79 Å². The van der Waals surface area contributed by atoms with Gasteiger partial charge in [0.1, 0.15) is 0 Å². The van der Waals surface area contributed by atoms with E-state index in [1.807, 2.05) is 0 Å². The van der Waals surface area contributed by atoms with Gasteiger partial charge in [-0.25, -0.2) is 0 Å². The van der Waals surface area contributed by atoms with Crippen molar-refractivity contribution in [2.45, 2.75) is 39.5 Å². The number of piperazine rings is 1. The number of hydrogen-bond acceptors (Lipinski definition) is 2. The monoisotopic (exact) mass is 286 g/mol. The molecule has 0 radical (unpaired) electrons. The van der Waals surface area contributed by atoms with Crippen LogP contribution < -0.4 is 0 Å². The van der Waals surface area contributed by atoms with E-state index in [4.69, 9.17) is 11.6 Å². The molecule has 3 nitrogen and oxygen atoms in total. The number of carbonyl (C=O) groups is 1. The number of carbonyl (C=O) groups excluding carboxylic acids is 1. The first-order valence-corrected chi connectivity index (χ1v) is 8.15. The first-order valence-electron chi connectivity index (χ1n) is 7.62. The molecule has 0 aromatic carbocycles. The Labute approximate surface area is 122 Å². The van der Waals surface area contributed by atoms with Crippen molar-refractivity contribution in [2.24, 2.45) is 11.3 Å². The van der Waals surface area contributed by atoms with Gasteiger partial charge < -0.3 is 4.90 Å². The predicted molar refractivity (Wildman–Crippen MR) is 79.5 cm³/mol. The predicted octanol–water partition coefficient (Wildman–Crippen LogP) is 2.59. The van der Waals surface area contributed by atoms with Gasteiger partial charge >= 0.3 is 0 Å². The standard InChI is InChI=1S/C15H27ClN2O/c1-15(2)6-4-3-5-13(15)14(19)18-11-9-17(8-7-16)10-12-18/h13H,3-12H2,1-2H3. The number of hydrogen-bond donors (Lipinski definition) is 0. The summed E-state index contributed by atoms with van der Waals surface area (Å²) >= 11 is 5.77. The lowest BCUT2D eigenvalue weighted by atomic mass is 9.68. The first kappa shape index (κ1) is 15.1. The highest BCUT2D eigenvalue weighted by Gasteiger charge is 2.39. The summed E-state index contributed by atoms with van der Waals surface area (Å²) in [5.41, 5.74) is 0.183. The van der Waals surface area contributed by atoms with E-state index in [9.17, 15) is 4.79 Å². The topological polar surface area (TPSA) is 23.6 Å². The zero-order valence-electron chi connectivity index (χ0n) is 12.3. The molecule has 2 aliphatic rings. The maximum atomic E-state index is 12.7. The normalized spacial score (nSPS) is 28.4. The van der Waals surface area contributed by atoms with Crippen LogP contribution in [0.3, 0.4) is 0 Å². The van der Waals surface area contributed by atoms with E-state index in [2.05, 4.69) is 23.6 Å². The second kappa shape index (κ2) is 6.45. The number of rotatable bonds is 3. The van der Waals surface area contributed by atoms with Crippen LogP contribution in [0.25, 0.3) is 0 Å². The van der Waals surface area contributed by atoms with Crippen LogP contribution in [0.15, 0.2) is 0 Å². The molecule has 0 aromatic rings. The lowest BCUT2D eigenvalue weighted by molar-refractivity contribution is -0.142. The van der Waals surface area contributed by atoms with Crippen molar-refractivity contribution in [3.63, 3.8) is 0 Å². The lowest BCUT2D eigenvalue weighted by Crippen LogP contribution is -2.52. The van der Waals surface area contributed by atoms with Gasteiger partial charge in [0.05, 0.1) is 0 Å². The molecule has 0 aromatic heterocycles. The highest BCUT2D eigenvalue weighted by atomic mass is 35.5. The maximum absolute atomic E-state index is 12.7. The molecule has 1 heterocycles. The average Bonchev–Trinajstić information content (AvgIpc) is 2.39. The smallest absolute Gasteiger partial charge is 0.226 e. The molecule has 110 valence electrons. The van der Waals surface area contributed by atoms with Gasteiger partial charge in [0.25, 0.3) is 0 Å². The molecule has 4 heteroatoms. The Morgan fingerprint density at radius 1 is 1.21 bits per heavy atom. The van der Waals surface area contributed by atoms with Crippen LogP contribution in [0.1, 0.15) is 39.5 Å². The lowest BCUT2D eigenvalue weighted by Gasteiger charge is -2.42. The van der Waals surface area contributed by atoms with Crippen LogP contribution in [0.5, 0.6) is 0 Å². The summed E-state index contributed by atoms with van der Waals surface area (Å²) in [6, 6.07) is 0. The van der Waals surface area contributed by atoms with E-state index in [0.717, 1.165) is 39.1 Å². The van der Waals surface area contributed by atoms with Gasteiger partial charge in [0.15, 0.2) is 0 Å². The number of halogens is 1. The molecule has 1 aliphatic heterocycles. The minimum atomic E-state index is 0.183. The molecule has 19 heavy (non-hydrogen) atoms. The van der Waals surface area contributed by atoms with Crippen molar-refractivity contribution in [1.29, 1.82) is 0 Å². The fourth-order valence-electron chi connectivity index (χ4n) is 3.48. The van der Waals surface area contributed by atoms with Crippen molar-refractivity contribution >= 4 is 17.5 Å². The van der Waals surface area contributed by atoms with Crippen molar-refractivity contribution in [3.8, 4) is 0 Å². The van der Waals surface area contributed by atoms with Crippen LogP contribution in [-0.4, -0.2) is 54.3 Å². The zero-order chi connectivity index (χ0) is 13.9. The summed E-state index contributed by atoms with van der Waals surface area (Å²) in [5.74, 6) is 1.32. The van der Waals surface area contributed by atoms with Crippen molar-refractivity contribution in [2.75, 3.05) is 38.6 Å². The van der Waals surface area contributed by atoms with Crippen LogP contribution in [0.2, 0.25) is 0 Å². The minimum Gasteiger partial charge on any atom is -0.340 e. The van der Waals surface area contributed by atoms with Crippen LogP contribution in [0, 0.1) is 11.3 Å². The molecule has 0 spiro atoms. The van der Waals surface area contributed by atoms with Gasteiger partial charge in [-0.15, -0.1) is 11.6 Å². The molecule has 2 rings (SSSR count). The molecule has 2 fully saturated rings. The van der Waals surface area contributed by atoms with E-state index >= 15 is 0 Å². The number of amides is 1. The van der Waals surface area contributed by atoms with E-state index in [1.165, 1.54) is 19.3 Å². The molecular formula is C15H27ClN2O. The zero-order valence-corrected chi connectivity index (χ0v) is 13.1. The summed E-state index contributed by atoms with van der Waals surface area (Å²) in [4.78, 5) is 17.2. The molecule has 1 aliphatic carbocycles. The third-order valence-electron chi connectivity index (χ3n) is 4.89. The van der Waals surface area contributed by atoms with E-state index in [1.54, 1.807) is 0 Å². The third kappa shape index (κ3) is 3.63. The van der Waals surface area contributed by atoms with Crippen molar-refractivity contribution in [3.05, 3.63) is 0 Å². The van der Waals surface area contributed by atoms with Crippen LogP contribution >= 0.6 is 11.6 Å². The summed E-state index contributed by atoms with van der Waals surface area (Å²) in [7, 11) is 0. The fraction of sp³-hybridized carbons (Fsp3) is 0.933. The molecule has 1 saturated carbocycles. The Morgan fingerprint density at radius 2 is 1.89 bits per heavy atom. The highest BCUT2D eigenvalue weighted by Crippen LogP contribution is 2.41. The Kier molecular flexibility index (Phi) is 5.13. The fourth-order valence-corrected chi connectivity index (χ4v) is 3.72. The van der Waals surface area contributed by atoms with Gasteiger partial charge in [0, 0.05) is 44.5 Å². The number of nitrogens with zero attached hydrogens (tertiary/aromatic N) is 2. The van der Waals surface area contributed by atoms with Crippen molar-refractivity contribution < 1.29 is 4.79 Å². The quantitative estimate of drug-likeness (QED) is 0.745. The Morgan fingerprint density at radius 3 is 2.47 bits per heavy atom. The molecule has 1 atom stereocenters. The average molecular weight is 287 g/mol. The summed E-state index contributed by atoms with van der Waals surface area (Å²) in [5, 5.41) is 0. The largest absolute Gasteiger partial charge is 0.340 e. The Bertz CT molecular complexity index is 311. The summed E-state index contributed by atoms with van der Waals surface area (Å²) in [6.07, 6.45) is 4.76. The maximum Gasteiger partial charge on any atom is 0.226 e. The van der Waals surface area contributed by atoms with Gasteiger partial charge in [-0.05, 0) is 18.3 Å².